The summed E-state index contributed by atoms with van der Waals surface area (Å²) in [6.45, 7) is 6.67. The Morgan fingerprint density at radius 3 is 2.52 bits per heavy atom. The van der Waals surface area contributed by atoms with Crippen molar-refractivity contribution in [3.05, 3.63) is 35.9 Å². The molecular formula is C17H25FN2O. The van der Waals surface area contributed by atoms with Crippen molar-refractivity contribution in [1.29, 1.82) is 0 Å². The molecule has 1 aromatic rings. The first-order chi connectivity index (χ1) is 10.0. The van der Waals surface area contributed by atoms with Crippen molar-refractivity contribution in [1.82, 2.24) is 10.2 Å². The van der Waals surface area contributed by atoms with Gasteiger partial charge in [-0.3, -0.25) is 9.69 Å². The van der Waals surface area contributed by atoms with E-state index >= 15 is 0 Å². The number of carbonyl (C=O) groups is 1. The van der Waals surface area contributed by atoms with E-state index < -0.39 is 6.17 Å². The number of hydrogen-bond acceptors (Lipinski definition) is 2. The fraction of sp³-hybridized carbons (Fsp3) is 0.588. The number of hydrogen-bond donors (Lipinski definition) is 1. The number of rotatable bonds is 5. The number of alkyl halides is 1. The minimum Gasteiger partial charge on any atom is -0.355 e. The van der Waals surface area contributed by atoms with E-state index in [2.05, 4.69) is 29.3 Å². The molecule has 2 rings (SSSR count). The van der Waals surface area contributed by atoms with Gasteiger partial charge in [0.25, 0.3) is 0 Å². The molecule has 1 N–H and O–H groups in total. The van der Waals surface area contributed by atoms with Crippen LogP contribution in [0, 0.1) is 5.92 Å². The van der Waals surface area contributed by atoms with E-state index in [-0.39, 0.29) is 23.9 Å². The van der Waals surface area contributed by atoms with E-state index in [1.165, 1.54) is 12.5 Å². The van der Waals surface area contributed by atoms with E-state index in [0.29, 0.717) is 6.54 Å². The zero-order chi connectivity index (χ0) is 15.4. The van der Waals surface area contributed by atoms with Crippen LogP contribution in [0.1, 0.15) is 32.8 Å². The van der Waals surface area contributed by atoms with Crippen LogP contribution in [0.15, 0.2) is 30.3 Å². The molecule has 1 heterocycles. The van der Waals surface area contributed by atoms with Crippen LogP contribution >= 0.6 is 0 Å². The minimum atomic E-state index is -0.898. The zero-order valence-corrected chi connectivity index (χ0v) is 13.1. The third kappa shape index (κ3) is 3.62. The van der Waals surface area contributed by atoms with Crippen molar-refractivity contribution in [3.8, 4) is 0 Å². The quantitative estimate of drug-likeness (QED) is 0.905. The lowest BCUT2D eigenvalue weighted by Gasteiger charge is -2.30. The molecule has 1 fully saturated rings. The summed E-state index contributed by atoms with van der Waals surface area (Å²) in [6.07, 6.45) is 0.0239. The molecule has 0 radical (unpaired) electrons. The average molecular weight is 292 g/mol. The Labute approximate surface area is 126 Å². The van der Waals surface area contributed by atoms with Crippen LogP contribution in [0.25, 0.3) is 0 Å². The van der Waals surface area contributed by atoms with Crippen LogP contribution in [-0.4, -0.2) is 35.6 Å². The second kappa shape index (κ2) is 7.03. The van der Waals surface area contributed by atoms with E-state index in [0.717, 1.165) is 13.0 Å². The van der Waals surface area contributed by atoms with Crippen molar-refractivity contribution in [2.24, 2.45) is 5.92 Å². The van der Waals surface area contributed by atoms with E-state index in [1.54, 1.807) is 0 Å². The molecule has 4 heteroatoms. The summed E-state index contributed by atoms with van der Waals surface area (Å²) in [5, 5.41) is 2.78. The maximum Gasteiger partial charge on any atom is 0.216 e. The third-order valence-corrected chi connectivity index (χ3v) is 4.52. The van der Waals surface area contributed by atoms with Gasteiger partial charge in [-0.25, -0.2) is 4.39 Å². The summed E-state index contributed by atoms with van der Waals surface area (Å²) in [6, 6.07) is 10.1. The third-order valence-electron chi connectivity index (χ3n) is 4.52. The monoisotopic (exact) mass is 292 g/mol. The van der Waals surface area contributed by atoms with Crippen LogP contribution in [-0.2, 0) is 11.3 Å². The van der Waals surface area contributed by atoms with Gasteiger partial charge in [0.05, 0.1) is 6.04 Å². The average Bonchev–Trinajstić information content (AvgIpc) is 2.69. The maximum absolute atomic E-state index is 14.6. The van der Waals surface area contributed by atoms with Crippen molar-refractivity contribution in [3.63, 3.8) is 0 Å². The fourth-order valence-corrected chi connectivity index (χ4v) is 3.41. The van der Waals surface area contributed by atoms with Crippen LogP contribution in [0.3, 0.4) is 0 Å². The molecular weight excluding hydrogens is 267 g/mol. The molecule has 1 aliphatic rings. The molecule has 21 heavy (non-hydrogen) atoms. The predicted octanol–water partition coefficient (Wildman–Crippen LogP) is 2.76. The Kier molecular flexibility index (Phi) is 5.34. The van der Waals surface area contributed by atoms with Crippen LogP contribution in [0.5, 0.6) is 0 Å². The number of likely N-dealkylation sites (tertiary alicyclic amines) is 1. The summed E-state index contributed by atoms with van der Waals surface area (Å²) < 4.78 is 14.6. The van der Waals surface area contributed by atoms with Gasteiger partial charge in [0.1, 0.15) is 6.17 Å². The van der Waals surface area contributed by atoms with Crippen LogP contribution in [0.4, 0.5) is 4.39 Å². The zero-order valence-electron chi connectivity index (χ0n) is 13.1. The summed E-state index contributed by atoms with van der Waals surface area (Å²) in [7, 11) is 0. The highest BCUT2D eigenvalue weighted by molar-refractivity contribution is 5.72. The lowest BCUT2D eigenvalue weighted by molar-refractivity contribution is -0.119. The molecule has 1 aliphatic heterocycles. The van der Waals surface area contributed by atoms with Crippen molar-refractivity contribution in [2.45, 2.75) is 52.0 Å². The molecule has 0 bridgehead atoms. The molecule has 3 nitrogen and oxygen atoms in total. The number of carbonyl (C=O) groups excluding carboxylic acids is 1. The number of nitrogens with one attached hydrogen (secondary N) is 1. The van der Waals surface area contributed by atoms with Gasteiger partial charge in [-0.2, -0.15) is 0 Å². The van der Waals surface area contributed by atoms with Gasteiger partial charge in [-0.05, 0) is 12.0 Å². The van der Waals surface area contributed by atoms with Gasteiger partial charge < -0.3 is 5.32 Å². The molecule has 1 amide bonds. The van der Waals surface area contributed by atoms with Gasteiger partial charge in [0.15, 0.2) is 0 Å². The second-order valence-electron chi connectivity index (χ2n) is 5.94. The first-order valence-electron chi connectivity index (χ1n) is 7.72. The topological polar surface area (TPSA) is 32.3 Å². The Balaban J connectivity index is 2.16. The number of amides is 1. The van der Waals surface area contributed by atoms with E-state index in [1.807, 2.05) is 25.1 Å². The predicted molar refractivity (Wildman–Crippen MR) is 82.6 cm³/mol. The summed E-state index contributed by atoms with van der Waals surface area (Å²) >= 11 is 0. The molecule has 1 saturated heterocycles. The second-order valence-corrected chi connectivity index (χ2v) is 5.94. The van der Waals surface area contributed by atoms with Gasteiger partial charge >= 0.3 is 0 Å². The van der Waals surface area contributed by atoms with Gasteiger partial charge in [-0.1, -0.05) is 44.2 Å². The minimum absolute atomic E-state index is 0.00234. The smallest absolute Gasteiger partial charge is 0.216 e. The van der Waals surface area contributed by atoms with Gasteiger partial charge in [0.2, 0.25) is 5.91 Å². The number of nitrogens with zero attached hydrogens (tertiary/aromatic N) is 1. The molecule has 116 valence electrons. The Morgan fingerprint density at radius 1 is 1.29 bits per heavy atom. The fourth-order valence-electron chi connectivity index (χ4n) is 3.41. The normalized spacial score (nSPS) is 29.5. The lowest BCUT2D eigenvalue weighted by Crippen LogP contribution is -2.45. The van der Waals surface area contributed by atoms with Crippen LogP contribution < -0.4 is 5.32 Å². The van der Waals surface area contributed by atoms with Crippen molar-refractivity contribution in [2.75, 3.05) is 6.54 Å². The summed E-state index contributed by atoms with van der Waals surface area (Å²) in [4.78, 5) is 13.4. The standard InChI is InChI=1S/C17H25FN2O/c1-4-15-12(2)17(18)16(10-19-13(3)21)20(15)11-14-8-6-5-7-9-14/h5-9,12,15-17H,4,10-11H2,1-3H3,(H,19,21)/t12-,15-,16-,17+/m1/s1. The molecule has 0 saturated carbocycles. The Morgan fingerprint density at radius 2 is 1.95 bits per heavy atom. The van der Waals surface area contributed by atoms with Crippen molar-refractivity contribution < 1.29 is 9.18 Å². The highest BCUT2D eigenvalue weighted by atomic mass is 19.1. The largest absolute Gasteiger partial charge is 0.355 e. The molecule has 0 unspecified atom stereocenters. The Hall–Kier alpha value is -1.42. The molecule has 0 aromatic heterocycles. The SMILES string of the molecule is CC[C@@H]1[C@@H](C)[C@H](F)[C@@H](CNC(C)=O)N1Cc1ccccc1. The van der Waals surface area contributed by atoms with Gasteiger partial charge in [0, 0.05) is 32.0 Å². The van der Waals surface area contributed by atoms with Crippen LogP contribution in [0.2, 0.25) is 0 Å². The highest BCUT2D eigenvalue weighted by Crippen LogP contribution is 2.35. The van der Waals surface area contributed by atoms with Gasteiger partial charge in [-0.15, -0.1) is 0 Å². The highest BCUT2D eigenvalue weighted by Gasteiger charge is 2.45. The first-order valence-corrected chi connectivity index (χ1v) is 7.72. The van der Waals surface area contributed by atoms with E-state index in [9.17, 15) is 9.18 Å². The first kappa shape index (κ1) is 16.0. The molecule has 0 aliphatic carbocycles. The summed E-state index contributed by atoms with van der Waals surface area (Å²) in [5.41, 5.74) is 1.19. The molecule has 0 spiro atoms. The number of halogens is 1. The van der Waals surface area contributed by atoms with Crippen molar-refractivity contribution >= 4 is 5.91 Å². The lowest BCUT2D eigenvalue weighted by atomic mass is 9.98. The maximum atomic E-state index is 14.6. The molecule has 1 aromatic carbocycles. The van der Waals surface area contributed by atoms with E-state index in [4.69, 9.17) is 0 Å². The molecule has 4 atom stereocenters. The summed E-state index contributed by atoms with van der Waals surface area (Å²) in [5.74, 6) is -0.105. The number of benzene rings is 1. The Bertz CT molecular complexity index is 465.